The fraction of sp³-hybridized carbons (Fsp3) is 1.00. The SMILES string of the molecule is CCCC(C)(C)OOC(C)(CC)OOC(C)(CC)OOC(C)(CC)OOC(C)(C)CCC. The average molecular weight is 467 g/mol. The molecule has 0 saturated carbocycles. The Morgan fingerprint density at radius 1 is 0.375 bits per heavy atom. The lowest BCUT2D eigenvalue weighted by Crippen LogP contribution is -2.44. The van der Waals surface area contributed by atoms with Crippen LogP contribution in [0, 0.1) is 0 Å². The third-order valence-corrected chi connectivity index (χ3v) is 5.31. The molecule has 0 saturated heterocycles. The van der Waals surface area contributed by atoms with E-state index in [9.17, 15) is 0 Å². The van der Waals surface area contributed by atoms with E-state index in [1.807, 2.05) is 48.5 Å². The summed E-state index contributed by atoms with van der Waals surface area (Å²) in [4.78, 5) is 45.0. The van der Waals surface area contributed by atoms with Gasteiger partial charge in [-0.25, -0.2) is 9.78 Å². The van der Waals surface area contributed by atoms with Gasteiger partial charge in [0, 0.05) is 19.3 Å². The van der Waals surface area contributed by atoms with E-state index in [1.54, 1.807) is 20.8 Å². The molecule has 0 amide bonds. The normalized spacial score (nSPS) is 18.8. The summed E-state index contributed by atoms with van der Waals surface area (Å²) in [5.74, 6) is -3.46. The highest BCUT2D eigenvalue weighted by Gasteiger charge is 2.39. The Balaban J connectivity index is 4.95. The predicted octanol–water partition coefficient (Wildman–Crippen LogP) is 7.32. The number of rotatable bonds is 19. The Morgan fingerprint density at radius 2 is 0.594 bits per heavy atom. The lowest BCUT2D eigenvalue weighted by atomic mass is 10.0. The second-order valence-electron chi connectivity index (χ2n) is 10.1. The Labute approximate surface area is 196 Å². The molecular formula is C24H50O8. The maximum Gasteiger partial charge on any atom is 0.231 e. The van der Waals surface area contributed by atoms with Gasteiger partial charge in [-0.15, -0.1) is 0 Å². The van der Waals surface area contributed by atoms with Crippen LogP contribution in [0.1, 0.15) is 128 Å². The van der Waals surface area contributed by atoms with Crippen molar-refractivity contribution in [1.82, 2.24) is 0 Å². The zero-order chi connectivity index (χ0) is 25.1. The van der Waals surface area contributed by atoms with Crippen LogP contribution in [0.15, 0.2) is 0 Å². The fourth-order valence-electron chi connectivity index (χ4n) is 2.44. The van der Waals surface area contributed by atoms with Gasteiger partial charge in [-0.3, -0.25) is 0 Å². The summed E-state index contributed by atoms with van der Waals surface area (Å²) < 4.78 is 0. The van der Waals surface area contributed by atoms with Gasteiger partial charge < -0.3 is 0 Å². The van der Waals surface area contributed by atoms with Crippen LogP contribution in [0.3, 0.4) is 0 Å². The van der Waals surface area contributed by atoms with Gasteiger partial charge >= 0.3 is 0 Å². The van der Waals surface area contributed by atoms with Crippen LogP contribution in [0.2, 0.25) is 0 Å². The van der Waals surface area contributed by atoms with Crippen molar-refractivity contribution in [1.29, 1.82) is 0 Å². The van der Waals surface area contributed by atoms with Crippen LogP contribution in [0.4, 0.5) is 0 Å². The van der Waals surface area contributed by atoms with Gasteiger partial charge in [0.05, 0.1) is 11.2 Å². The summed E-state index contributed by atoms with van der Waals surface area (Å²) in [7, 11) is 0. The highest BCUT2D eigenvalue weighted by Crippen LogP contribution is 2.30. The first-order chi connectivity index (χ1) is 14.6. The smallest absolute Gasteiger partial charge is 0.228 e. The fourth-order valence-corrected chi connectivity index (χ4v) is 2.44. The molecule has 0 fully saturated rings. The van der Waals surface area contributed by atoms with Crippen molar-refractivity contribution in [3.63, 3.8) is 0 Å². The molecule has 0 aliphatic heterocycles. The molecule has 32 heavy (non-hydrogen) atoms. The minimum Gasteiger partial charge on any atom is -0.228 e. The molecule has 0 rings (SSSR count). The molecule has 0 N–H and O–H groups in total. The van der Waals surface area contributed by atoms with Gasteiger partial charge in [0.25, 0.3) is 0 Å². The van der Waals surface area contributed by atoms with Crippen molar-refractivity contribution in [2.24, 2.45) is 0 Å². The van der Waals surface area contributed by atoms with Crippen molar-refractivity contribution in [3.05, 3.63) is 0 Å². The molecular weight excluding hydrogens is 416 g/mol. The van der Waals surface area contributed by atoms with Gasteiger partial charge in [-0.05, 0) is 61.3 Å². The summed E-state index contributed by atoms with van der Waals surface area (Å²) in [6.45, 7) is 23.0. The molecule has 0 aliphatic rings. The van der Waals surface area contributed by atoms with Crippen molar-refractivity contribution < 1.29 is 39.1 Å². The lowest BCUT2D eigenvalue weighted by Gasteiger charge is -2.36. The van der Waals surface area contributed by atoms with Crippen LogP contribution in [-0.2, 0) is 39.1 Å². The second kappa shape index (κ2) is 13.5. The summed E-state index contributed by atoms with van der Waals surface area (Å²) in [5.41, 5.74) is -0.873. The van der Waals surface area contributed by atoms with E-state index in [1.165, 1.54) is 0 Å². The Morgan fingerprint density at radius 3 is 0.781 bits per heavy atom. The van der Waals surface area contributed by atoms with E-state index in [2.05, 4.69) is 13.8 Å². The maximum atomic E-state index is 5.64. The second-order valence-corrected chi connectivity index (χ2v) is 10.1. The first-order valence-corrected chi connectivity index (χ1v) is 12.1. The van der Waals surface area contributed by atoms with Gasteiger partial charge in [-0.2, -0.15) is 29.3 Å². The minimum atomic E-state index is -1.21. The van der Waals surface area contributed by atoms with Gasteiger partial charge in [0.15, 0.2) is 0 Å². The monoisotopic (exact) mass is 466 g/mol. The quantitative estimate of drug-likeness (QED) is 0.111. The van der Waals surface area contributed by atoms with E-state index in [0.717, 1.165) is 25.7 Å². The standard InChI is InChI=1S/C24H50O8/c1-13-18-20(6,7)25-27-22(10,15-3)29-31-24(12,17-5)32-30-23(11,16-4)28-26-21(8,9)19-14-2/h13-19H2,1-12H3. The van der Waals surface area contributed by atoms with Gasteiger partial charge in [0.1, 0.15) is 0 Å². The van der Waals surface area contributed by atoms with E-state index in [4.69, 9.17) is 39.1 Å². The van der Waals surface area contributed by atoms with Crippen LogP contribution >= 0.6 is 0 Å². The third kappa shape index (κ3) is 12.2. The zero-order valence-corrected chi connectivity index (χ0v) is 22.7. The number of hydrogen-bond acceptors (Lipinski definition) is 8. The highest BCUT2D eigenvalue weighted by molar-refractivity contribution is 4.67. The molecule has 8 nitrogen and oxygen atoms in total. The molecule has 0 aromatic rings. The Hall–Kier alpha value is -0.320. The largest absolute Gasteiger partial charge is 0.231 e. The maximum absolute atomic E-state index is 5.64. The Kier molecular flexibility index (Phi) is 13.4. The third-order valence-electron chi connectivity index (χ3n) is 5.31. The molecule has 2 atom stereocenters. The molecule has 0 aromatic heterocycles. The highest BCUT2D eigenvalue weighted by atomic mass is 17.4. The van der Waals surface area contributed by atoms with Crippen molar-refractivity contribution >= 4 is 0 Å². The van der Waals surface area contributed by atoms with E-state index in [0.29, 0.717) is 19.3 Å². The van der Waals surface area contributed by atoms with Gasteiger partial charge in [-0.1, -0.05) is 47.5 Å². The summed E-state index contributed by atoms with van der Waals surface area (Å²) in [6.07, 6.45) is 5.09. The van der Waals surface area contributed by atoms with Crippen LogP contribution < -0.4 is 0 Å². The van der Waals surface area contributed by atoms with E-state index >= 15 is 0 Å². The van der Waals surface area contributed by atoms with Crippen LogP contribution in [0.5, 0.6) is 0 Å². The molecule has 0 heterocycles. The zero-order valence-electron chi connectivity index (χ0n) is 22.7. The van der Waals surface area contributed by atoms with Crippen molar-refractivity contribution in [2.75, 3.05) is 0 Å². The summed E-state index contributed by atoms with van der Waals surface area (Å²) in [6, 6.07) is 0. The van der Waals surface area contributed by atoms with Crippen molar-refractivity contribution in [3.8, 4) is 0 Å². The summed E-state index contributed by atoms with van der Waals surface area (Å²) in [5, 5.41) is 0. The van der Waals surface area contributed by atoms with E-state index in [-0.39, 0.29) is 0 Å². The lowest BCUT2D eigenvalue weighted by molar-refractivity contribution is -0.611. The molecule has 0 aliphatic carbocycles. The van der Waals surface area contributed by atoms with Crippen LogP contribution in [-0.4, -0.2) is 28.6 Å². The topological polar surface area (TPSA) is 73.8 Å². The molecule has 2 unspecified atom stereocenters. The van der Waals surface area contributed by atoms with Crippen molar-refractivity contribution in [2.45, 2.75) is 157 Å². The molecule has 8 heteroatoms. The molecule has 0 bridgehead atoms. The molecule has 194 valence electrons. The molecule has 0 spiro atoms. The molecule has 0 radical (unpaired) electrons. The average Bonchev–Trinajstić information content (AvgIpc) is 2.74. The Bertz CT molecular complexity index is 470. The summed E-state index contributed by atoms with van der Waals surface area (Å²) >= 11 is 0. The van der Waals surface area contributed by atoms with E-state index < -0.39 is 28.6 Å². The number of hydrogen-bond donors (Lipinski definition) is 0. The minimum absolute atomic E-state index is 0.436. The predicted molar refractivity (Wildman–Crippen MR) is 123 cm³/mol. The van der Waals surface area contributed by atoms with Crippen LogP contribution in [0.25, 0.3) is 0 Å². The first kappa shape index (κ1) is 31.7. The van der Waals surface area contributed by atoms with Gasteiger partial charge in [0.2, 0.25) is 17.4 Å². The first-order valence-electron chi connectivity index (χ1n) is 12.1. The molecule has 0 aromatic carbocycles.